The van der Waals surface area contributed by atoms with Gasteiger partial charge in [-0.3, -0.25) is 4.79 Å². The lowest BCUT2D eigenvalue weighted by atomic mass is 10.3. The summed E-state index contributed by atoms with van der Waals surface area (Å²) in [5.41, 5.74) is 0.536. The molecular weight excluding hydrogens is 226 g/mol. The van der Waals surface area contributed by atoms with Gasteiger partial charge in [-0.1, -0.05) is 22.5 Å². The first-order valence-electron chi connectivity index (χ1n) is 3.42. The molecule has 0 aromatic heterocycles. The number of hydrogen-bond donors (Lipinski definition) is 0. The fourth-order valence-corrected chi connectivity index (χ4v) is 0.975. The number of hydroxylamine groups is 2. The maximum Gasteiger partial charge on any atom is 0.343 e. The van der Waals surface area contributed by atoms with Crippen LogP contribution >= 0.6 is 15.9 Å². The molecule has 0 aromatic rings. The summed E-state index contributed by atoms with van der Waals surface area (Å²) in [6.07, 6.45) is 0.933. The van der Waals surface area contributed by atoms with E-state index in [1.807, 2.05) is 0 Å². The van der Waals surface area contributed by atoms with Gasteiger partial charge in [-0.25, -0.2) is 4.79 Å². The number of halogens is 1. The fraction of sp³-hybridized carbons (Fsp3) is 0.429. The molecule has 4 nitrogen and oxygen atoms in total. The lowest BCUT2D eigenvalue weighted by Gasteiger charge is -2.14. The van der Waals surface area contributed by atoms with E-state index in [4.69, 9.17) is 0 Å². The summed E-state index contributed by atoms with van der Waals surface area (Å²) in [7, 11) is 0. The zero-order valence-corrected chi connectivity index (χ0v) is 7.96. The van der Waals surface area contributed by atoms with Gasteiger partial charge in [0.15, 0.2) is 0 Å². The minimum Gasteiger partial charge on any atom is -0.333 e. The third kappa shape index (κ3) is 1.85. The zero-order valence-electron chi connectivity index (χ0n) is 6.38. The van der Waals surface area contributed by atoms with Gasteiger partial charge in [0, 0.05) is 6.42 Å². The minimum absolute atomic E-state index is 0.0735. The standard InChI is InChI=1S/C7H8BrNO3/c1-5-2-3-6(10)9(5)12-7(11)4-8/h1-4H2. The van der Waals surface area contributed by atoms with Crippen molar-refractivity contribution >= 4 is 27.8 Å². The molecule has 1 heterocycles. The van der Waals surface area contributed by atoms with Crippen molar-refractivity contribution < 1.29 is 14.4 Å². The lowest BCUT2D eigenvalue weighted by Crippen LogP contribution is -2.27. The van der Waals surface area contributed by atoms with Crippen LogP contribution in [0.5, 0.6) is 0 Å². The van der Waals surface area contributed by atoms with Gasteiger partial charge in [0.05, 0.1) is 5.70 Å². The van der Waals surface area contributed by atoms with E-state index in [9.17, 15) is 9.59 Å². The van der Waals surface area contributed by atoms with Crippen molar-refractivity contribution in [2.24, 2.45) is 0 Å². The van der Waals surface area contributed by atoms with E-state index in [1.165, 1.54) is 0 Å². The molecule has 1 aliphatic rings. The molecule has 0 aliphatic carbocycles. The second-order valence-electron chi connectivity index (χ2n) is 2.35. The number of amides is 1. The van der Waals surface area contributed by atoms with Gasteiger partial charge in [-0.05, 0) is 6.42 Å². The van der Waals surface area contributed by atoms with E-state index in [0.717, 1.165) is 5.06 Å². The van der Waals surface area contributed by atoms with Gasteiger partial charge in [-0.15, -0.1) is 5.06 Å². The number of allylic oxidation sites excluding steroid dienone is 1. The molecule has 1 amide bonds. The van der Waals surface area contributed by atoms with Gasteiger partial charge in [-0.2, -0.15) is 0 Å². The SMILES string of the molecule is C=C1CCC(=O)N1OC(=O)CBr. The monoisotopic (exact) mass is 233 g/mol. The molecule has 0 radical (unpaired) electrons. The van der Waals surface area contributed by atoms with Crippen LogP contribution in [-0.2, 0) is 14.4 Å². The highest BCUT2D eigenvalue weighted by molar-refractivity contribution is 9.09. The molecule has 0 aromatic carbocycles. The number of carbonyl (C=O) groups is 2. The largest absolute Gasteiger partial charge is 0.343 e. The molecule has 12 heavy (non-hydrogen) atoms. The van der Waals surface area contributed by atoms with Crippen molar-refractivity contribution in [3.05, 3.63) is 12.3 Å². The van der Waals surface area contributed by atoms with Crippen molar-refractivity contribution in [2.45, 2.75) is 12.8 Å². The number of carbonyl (C=O) groups excluding carboxylic acids is 2. The van der Waals surface area contributed by atoms with Gasteiger partial charge in [0.1, 0.15) is 5.33 Å². The average molecular weight is 234 g/mol. The van der Waals surface area contributed by atoms with E-state index >= 15 is 0 Å². The number of rotatable bonds is 2. The van der Waals surface area contributed by atoms with Crippen LogP contribution in [0.2, 0.25) is 0 Å². The fourth-order valence-electron chi connectivity index (χ4n) is 0.872. The Hall–Kier alpha value is -0.840. The zero-order chi connectivity index (χ0) is 9.14. The Labute approximate surface area is 78.3 Å². The third-order valence-electron chi connectivity index (χ3n) is 1.44. The summed E-state index contributed by atoms with van der Waals surface area (Å²) in [4.78, 5) is 26.4. The third-order valence-corrected chi connectivity index (χ3v) is 1.90. The summed E-state index contributed by atoms with van der Waals surface area (Å²) >= 11 is 2.92. The normalized spacial score (nSPS) is 16.9. The topological polar surface area (TPSA) is 46.6 Å². The Morgan fingerprint density at radius 3 is 2.75 bits per heavy atom. The quantitative estimate of drug-likeness (QED) is 0.669. The predicted molar refractivity (Wildman–Crippen MR) is 45.1 cm³/mol. The number of alkyl halides is 1. The molecule has 1 saturated heterocycles. The summed E-state index contributed by atoms with van der Waals surface area (Å²) < 4.78 is 0. The molecule has 1 aliphatic heterocycles. The molecule has 0 unspecified atom stereocenters. The van der Waals surface area contributed by atoms with Crippen LogP contribution in [0.1, 0.15) is 12.8 Å². The highest BCUT2D eigenvalue weighted by atomic mass is 79.9. The Bertz CT molecular complexity index is 223. The molecule has 0 bridgehead atoms. The highest BCUT2D eigenvalue weighted by Crippen LogP contribution is 2.20. The number of nitrogens with zero attached hydrogens (tertiary/aromatic N) is 1. The van der Waals surface area contributed by atoms with Gasteiger partial charge in [0.2, 0.25) is 0 Å². The van der Waals surface area contributed by atoms with E-state index in [2.05, 4.69) is 27.3 Å². The molecule has 0 N–H and O–H groups in total. The first kappa shape index (κ1) is 9.25. The van der Waals surface area contributed by atoms with Crippen molar-refractivity contribution in [1.82, 2.24) is 5.06 Å². The van der Waals surface area contributed by atoms with E-state index in [1.54, 1.807) is 0 Å². The van der Waals surface area contributed by atoms with Crippen LogP contribution in [0.15, 0.2) is 12.3 Å². The molecule has 66 valence electrons. The maximum atomic E-state index is 11.0. The molecule has 0 saturated carbocycles. The second kappa shape index (κ2) is 3.71. The van der Waals surface area contributed by atoms with Gasteiger partial charge < -0.3 is 4.84 Å². The molecular formula is C7H8BrNO3. The van der Waals surface area contributed by atoms with Crippen molar-refractivity contribution in [1.29, 1.82) is 0 Å². The Morgan fingerprint density at radius 1 is 1.67 bits per heavy atom. The summed E-state index contributed by atoms with van der Waals surface area (Å²) in [5.74, 6) is -0.708. The van der Waals surface area contributed by atoms with Crippen LogP contribution < -0.4 is 0 Å². The average Bonchev–Trinajstić information content (AvgIpc) is 2.35. The van der Waals surface area contributed by atoms with Crippen LogP contribution in [-0.4, -0.2) is 22.3 Å². The van der Waals surface area contributed by atoms with Crippen molar-refractivity contribution in [2.75, 3.05) is 5.33 Å². The number of hydrogen-bond acceptors (Lipinski definition) is 3. The van der Waals surface area contributed by atoms with Gasteiger partial charge in [0.25, 0.3) is 5.91 Å². The van der Waals surface area contributed by atoms with Crippen LogP contribution in [0.25, 0.3) is 0 Å². The summed E-state index contributed by atoms with van der Waals surface area (Å²) in [6, 6.07) is 0. The van der Waals surface area contributed by atoms with Crippen LogP contribution in [0, 0.1) is 0 Å². The molecule has 0 spiro atoms. The van der Waals surface area contributed by atoms with Crippen LogP contribution in [0.3, 0.4) is 0 Å². The Balaban J connectivity index is 2.56. The first-order chi connectivity index (χ1) is 5.65. The van der Waals surface area contributed by atoms with E-state index < -0.39 is 5.97 Å². The second-order valence-corrected chi connectivity index (χ2v) is 2.91. The Morgan fingerprint density at radius 2 is 2.33 bits per heavy atom. The minimum atomic E-state index is -0.494. The van der Waals surface area contributed by atoms with E-state index in [0.29, 0.717) is 18.5 Å². The Kier molecular flexibility index (Phi) is 2.86. The van der Waals surface area contributed by atoms with E-state index in [-0.39, 0.29) is 11.2 Å². The molecule has 1 fully saturated rings. The summed E-state index contributed by atoms with van der Waals surface area (Å²) in [6.45, 7) is 3.59. The van der Waals surface area contributed by atoms with Crippen molar-refractivity contribution in [3.63, 3.8) is 0 Å². The molecule has 1 rings (SSSR count). The van der Waals surface area contributed by atoms with Gasteiger partial charge >= 0.3 is 5.97 Å². The maximum absolute atomic E-state index is 11.0. The summed E-state index contributed by atoms with van der Waals surface area (Å²) in [5, 5.41) is 1.04. The predicted octanol–water partition coefficient (Wildman–Crippen LogP) is 0.976. The highest BCUT2D eigenvalue weighted by Gasteiger charge is 2.27. The first-order valence-corrected chi connectivity index (χ1v) is 4.55. The lowest BCUT2D eigenvalue weighted by molar-refractivity contribution is -0.183. The smallest absolute Gasteiger partial charge is 0.333 e. The van der Waals surface area contributed by atoms with Crippen molar-refractivity contribution in [3.8, 4) is 0 Å². The molecule has 0 atom stereocenters. The van der Waals surface area contributed by atoms with Crippen LogP contribution in [0.4, 0.5) is 0 Å². The molecule has 5 heteroatoms.